The molecule has 0 aliphatic heterocycles. The molecule has 2 aromatic rings. The first-order chi connectivity index (χ1) is 13.5. The van der Waals surface area contributed by atoms with E-state index < -0.39 is 0 Å². The van der Waals surface area contributed by atoms with E-state index in [0.29, 0.717) is 35.3 Å². The smallest absolute Gasteiger partial charge is 0.273 e. The number of amides is 1. The lowest BCUT2D eigenvalue weighted by molar-refractivity contribution is -0.121. The number of carbonyl (C=O) groups excluding carboxylic acids is 1. The third kappa shape index (κ3) is 4.59. The van der Waals surface area contributed by atoms with Gasteiger partial charge in [-0.2, -0.15) is 0 Å². The Morgan fingerprint density at radius 2 is 1.82 bits per heavy atom. The number of hydrogen-bond acceptors (Lipinski definition) is 7. The number of aryl methyl sites for hydroxylation is 1. The maximum atomic E-state index is 12.4. The largest absolute Gasteiger partial charge is 0.493 e. The second-order valence-electron chi connectivity index (χ2n) is 6.61. The molecule has 2 N–H and O–H groups in total. The van der Waals surface area contributed by atoms with Gasteiger partial charge in [-0.3, -0.25) is 9.59 Å². The lowest BCUT2D eigenvalue weighted by Crippen LogP contribution is -2.27. The Balaban J connectivity index is 1.74. The summed E-state index contributed by atoms with van der Waals surface area (Å²) in [7, 11) is 4.52. The second-order valence-corrected chi connectivity index (χ2v) is 6.61. The first-order valence-corrected chi connectivity index (χ1v) is 9.08. The van der Waals surface area contributed by atoms with Gasteiger partial charge in [-0.15, -0.1) is 10.2 Å². The summed E-state index contributed by atoms with van der Waals surface area (Å²) in [6.45, 7) is 0.709. The van der Waals surface area contributed by atoms with Crippen LogP contribution in [0.3, 0.4) is 0 Å². The molecule has 0 radical (unpaired) electrons. The Bertz CT molecular complexity index is 882. The van der Waals surface area contributed by atoms with Crippen LogP contribution >= 0.6 is 0 Å². The van der Waals surface area contributed by atoms with E-state index in [4.69, 9.17) is 14.2 Å². The number of carbonyl (C=O) groups is 1. The van der Waals surface area contributed by atoms with E-state index in [1.54, 1.807) is 12.1 Å². The topological polar surface area (TPSA) is 115 Å². The Morgan fingerprint density at radius 3 is 2.36 bits per heavy atom. The molecule has 0 bridgehead atoms. The number of H-pyrrole nitrogens is 1. The summed E-state index contributed by atoms with van der Waals surface area (Å²) in [5.41, 5.74) is 0.402. The van der Waals surface area contributed by atoms with Crippen molar-refractivity contribution in [2.24, 2.45) is 5.92 Å². The number of nitrogens with one attached hydrogen (secondary N) is 2. The van der Waals surface area contributed by atoms with Crippen LogP contribution in [-0.4, -0.2) is 49.0 Å². The lowest BCUT2D eigenvalue weighted by atomic mass is 10.1. The number of methoxy groups -OCH3 is 3. The van der Waals surface area contributed by atoms with E-state index in [0.717, 1.165) is 0 Å². The Morgan fingerprint density at radius 1 is 1.14 bits per heavy atom. The van der Waals surface area contributed by atoms with Gasteiger partial charge in [0.15, 0.2) is 17.3 Å². The van der Waals surface area contributed by atoms with Crippen LogP contribution in [0.5, 0.6) is 17.2 Å². The van der Waals surface area contributed by atoms with Crippen molar-refractivity contribution in [2.45, 2.75) is 25.7 Å². The molecule has 9 heteroatoms. The molecule has 1 aliphatic rings. The highest BCUT2D eigenvalue weighted by atomic mass is 16.5. The van der Waals surface area contributed by atoms with Crippen molar-refractivity contribution in [1.29, 1.82) is 0 Å². The third-order valence-corrected chi connectivity index (χ3v) is 4.58. The standard InChI is InChI=1S/C19H24N4O5/c1-26-14-8-12(9-15(27-2)17(14)28-3)18-21-19(25)13(22-23-18)6-7-16(24)20-10-11-4-5-11/h8-9,11H,4-7,10H2,1-3H3,(H,20,24)(H,21,23,25). The van der Waals surface area contributed by atoms with Crippen LogP contribution in [0.15, 0.2) is 16.9 Å². The molecule has 1 aromatic heterocycles. The predicted molar refractivity (Wildman–Crippen MR) is 102 cm³/mol. The summed E-state index contributed by atoms with van der Waals surface area (Å²) in [5, 5.41) is 11.0. The van der Waals surface area contributed by atoms with E-state index in [2.05, 4.69) is 20.5 Å². The van der Waals surface area contributed by atoms with Gasteiger partial charge in [-0.25, -0.2) is 0 Å². The van der Waals surface area contributed by atoms with Gasteiger partial charge in [0.05, 0.1) is 21.3 Å². The lowest BCUT2D eigenvalue weighted by Gasteiger charge is -2.13. The minimum atomic E-state index is -0.381. The van der Waals surface area contributed by atoms with E-state index in [-0.39, 0.29) is 35.8 Å². The van der Waals surface area contributed by atoms with Crippen LogP contribution in [0.25, 0.3) is 11.4 Å². The van der Waals surface area contributed by atoms with E-state index in [9.17, 15) is 9.59 Å². The maximum Gasteiger partial charge on any atom is 0.273 e. The highest BCUT2D eigenvalue weighted by molar-refractivity contribution is 5.76. The maximum absolute atomic E-state index is 12.4. The van der Waals surface area contributed by atoms with Crippen molar-refractivity contribution in [2.75, 3.05) is 27.9 Å². The van der Waals surface area contributed by atoms with Gasteiger partial charge in [0.2, 0.25) is 11.7 Å². The van der Waals surface area contributed by atoms with Crippen molar-refractivity contribution in [1.82, 2.24) is 20.5 Å². The third-order valence-electron chi connectivity index (χ3n) is 4.58. The number of rotatable bonds is 9. The SMILES string of the molecule is COc1cc(-c2nnc(CCC(=O)NCC3CC3)c(=O)[nH]2)cc(OC)c1OC. The van der Waals surface area contributed by atoms with E-state index in [1.165, 1.54) is 34.2 Å². The highest BCUT2D eigenvalue weighted by Crippen LogP contribution is 2.40. The second kappa shape index (κ2) is 8.73. The fourth-order valence-electron chi connectivity index (χ4n) is 2.77. The molecule has 0 atom stereocenters. The van der Waals surface area contributed by atoms with Crippen molar-refractivity contribution >= 4 is 5.91 Å². The molecular weight excluding hydrogens is 364 g/mol. The zero-order valence-electron chi connectivity index (χ0n) is 16.2. The molecule has 28 heavy (non-hydrogen) atoms. The summed E-state index contributed by atoms with van der Waals surface area (Å²) in [6, 6.07) is 3.35. The molecule has 0 unspecified atom stereocenters. The summed E-state index contributed by atoms with van der Waals surface area (Å²) < 4.78 is 15.9. The van der Waals surface area contributed by atoms with Gasteiger partial charge in [0.25, 0.3) is 5.56 Å². The molecule has 1 amide bonds. The van der Waals surface area contributed by atoms with Gasteiger partial charge < -0.3 is 24.5 Å². The number of nitrogens with zero attached hydrogens (tertiary/aromatic N) is 2. The van der Waals surface area contributed by atoms with Gasteiger partial charge >= 0.3 is 0 Å². The normalized spacial score (nSPS) is 13.1. The van der Waals surface area contributed by atoms with Crippen LogP contribution in [0.1, 0.15) is 25.0 Å². The first-order valence-electron chi connectivity index (χ1n) is 9.08. The van der Waals surface area contributed by atoms with Gasteiger partial charge in [0, 0.05) is 24.9 Å². The predicted octanol–water partition coefficient (Wildman–Crippen LogP) is 1.32. The van der Waals surface area contributed by atoms with Crippen molar-refractivity contribution in [3.63, 3.8) is 0 Å². The van der Waals surface area contributed by atoms with Crippen LogP contribution in [-0.2, 0) is 11.2 Å². The molecular formula is C19H24N4O5. The monoisotopic (exact) mass is 388 g/mol. The summed E-state index contributed by atoms with van der Waals surface area (Å²) in [5.74, 6) is 2.13. The summed E-state index contributed by atoms with van der Waals surface area (Å²) >= 11 is 0. The minimum absolute atomic E-state index is 0.0817. The molecule has 1 aliphatic carbocycles. The number of hydrogen-bond donors (Lipinski definition) is 2. The van der Waals surface area contributed by atoms with Gasteiger partial charge in [0.1, 0.15) is 5.69 Å². The minimum Gasteiger partial charge on any atom is -0.493 e. The van der Waals surface area contributed by atoms with Crippen LogP contribution < -0.4 is 25.1 Å². The number of aromatic amines is 1. The van der Waals surface area contributed by atoms with E-state index >= 15 is 0 Å². The highest BCUT2D eigenvalue weighted by Gasteiger charge is 2.21. The van der Waals surface area contributed by atoms with Gasteiger partial charge in [-0.1, -0.05) is 0 Å². The quantitative estimate of drug-likeness (QED) is 0.665. The van der Waals surface area contributed by atoms with Crippen molar-refractivity contribution in [3.8, 4) is 28.6 Å². The Kier molecular flexibility index (Phi) is 6.13. The molecule has 3 rings (SSSR count). The van der Waals surface area contributed by atoms with Crippen LogP contribution in [0, 0.1) is 5.92 Å². The zero-order valence-corrected chi connectivity index (χ0v) is 16.2. The molecule has 0 saturated heterocycles. The van der Waals surface area contributed by atoms with Crippen LogP contribution in [0.4, 0.5) is 0 Å². The molecule has 0 spiro atoms. The zero-order chi connectivity index (χ0) is 20.1. The average molecular weight is 388 g/mol. The van der Waals surface area contributed by atoms with E-state index in [1.807, 2.05) is 0 Å². The number of ether oxygens (including phenoxy) is 3. The van der Waals surface area contributed by atoms with Crippen molar-refractivity contribution < 1.29 is 19.0 Å². The Hall–Kier alpha value is -3.10. The molecule has 1 fully saturated rings. The molecule has 150 valence electrons. The number of benzene rings is 1. The summed E-state index contributed by atoms with van der Waals surface area (Å²) in [4.78, 5) is 26.9. The van der Waals surface area contributed by atoms with Gasteiger partial charge in [-0.05, 0) is 30.9 Å². The summed E-state index contributed by atoms with van der Waals surface area (Å²) in [6.07, 6.45) is 2.78. The molecule has 9 nitrogen and oxygen atoms in total. The molecule has 1 heterocycles. The first kappa shape index (κ1) is 19.7. The fourth-order valence-corrected chi connectivity index (χ4v) is 2.77. The number of aromatic nitrogens is 3. The van der Waals surface area contributed by atoms with Crippen molar-refractivity contribution in [3.05, 3.63) is 28.2 Å². The van der Waals surface area contributed by atoms with Crippen LogP contribution in [0.2, 0.25) is 0 Å². The molecule has 1 aromatic carbocycles. The Labute approximate surface area is 162 Å². The molecule has 1 saturated carbocycles. The fraction of sp³-hybridized carbons (Fsp3) is 0.474. The average Bonchev–Trinajstić information content (AvgIpc) is 3.54.